The van der Waals surface area contributed by atoms with Gasteiger partial charge in [0, 0.05) is 17.7 Å². The molecule has 1 N–H and O–H groups in total. The van der Waals surface area contributed by atoms with Crippen LogP contribution in [0.5, 0.6) is 0 Å². The molecule has 92 valence electrons. The molecule has 0 aromatic heterocycles. The van der Waals surface area contributed by atoms with Crippen molar-refractivity contribution in [2.75, 3.05) is 0 Å². The highest BCUT2D eigenvalue weighted by Crippen LogP contribution is 2.12. The lowest BCUT2D eigenvalue weighted by Gasteiger charge is -2.05. The van der Waals surface area contributed by atoms with Gasteiger partial charge in [0.25, 0.3) is 0 Å². The Labute approximate surface area is 112 Å². The number of ketones is 1. The Balaban J connectivity index is 2.33. The van der Waals surface area contributed by atoms with Crippen LogP contribution in [0.15, 0.2) is 66.7 Å². The van der Waals surface area contributed by atoms with E-state index < -0.39 is 0 Å². The van der Waals surface area contributed by atoms with E-state index in [-0.39, 0.29) is 5.78 Å². The highest BCUT2D eigenvalue weighted by atomic mass is 16.1. The summed E-state index contributed by atoms with van der Waals surface area (Å²) in [5, 5.41) is 2.77. The van der Waals surface area contributed by atoms with E-state index in [9.17, 15) is 4.79 Å². The van der Waals surface area contributed by atoms with Crippen LogP contribution in [0.25, 0.3) is 5.70 Å². The van der Waals surface area contributed by atoms with Crippen LogP contribution in [0.4, 0.5) is 0 Å². The van der Waals surface area contributed by atoms with Gasteiger partial charge < -0.3 is 5.32 Å². The molecule has 0 saturated carbocycles. The number of carbonyl (C=O) groups excluding carboxylic acids is 1. The first-order valence-corrected chi connectivity index (χ1v) is 5.89. The zero-order chi connectivity index (χ0) is 13.5. The standard InChI is InChI=1S/C17H13NO/c1-2-18-16(14-9-5-3-6-10-14)13-17(19)15-11-7-4-8-12-15/h1,3-13,18H. The summed E-state index contributed by atoms with van der Waals surface area (Å²) < 4.78 is 0. The molecule has 2 nitrogen and oxygen atoms in total. The van der Waals surface area contributed by atoms with E-state index in [1.54, 1.807) is 12.1 Å². The lowest BCUT2D eigenvalue weighted by Crippen LogP contribution is -2.07. The fourth-order valence-corrected chi connectivity index (χ4v) is 1.70. The zero-order valence-corrected chi connectivity index (χ0v) is 10.3. The van der Waals surface area contributed by atoms with Gasteiger partial charge in [-0.2, -0.15) is 0 Å². The van der Waals surface area contributed by atoms with E-state index in [1.165, 1.54) is 6.08 Å². The third-order valence-electron chi connectivity index (χ3n) is 2.63. The Morgan fingerprint density at radius 2 is 1.47 bits per heavy atom. The first-order valence-electron chi connectivity index (χ1n) is 5.89. The molecule has 19 heavy (non-hydrogen) atoms. The Morgan fingerprint density at radius 3 is 2.00 bits per heavy atom. The molecule has 0 aliphatic carbocycles. The quantitative estimate of drug-likeness (QED) is 0.389. The maximum Gasteiger partial charge on any atom is 0.187 e. The van der Waals surface area contributed by atoms with Crippen LogP contribution in [0.3, 0.4) is 0 Å². The van der Waals surface area contributed by atoms with Crippen molar-refractivity contribution in [2.24, 2.45) is 0 Å². The van der Waals surface area contributed by atoms with Crippen LogP contribution in [0.1, 0.15) is 15.9 Å². The molecule has 0 heterocycles. The van der Waals surface area contributed by atoms with Gasteiger partial charge in [-0.25, -0.2) is 0 Å². The van der Waals surface area contributed by atoms with Crippen LogP contribution in [0, 0.1) is 12.5 Å². The Kier molecular flexibility index (Phi) is 4.15. The lowest BCUT2D eigenvalue weighted by atomic mass is 10.1. The predicted octanol–water partition coefficient (Wildman–Crippen LogP) is 3.09. The summed E-state index contributed by atoms with van der Waals surface area (Å²) in [4.78, 5) is 12.1. The van der Waals surface area contributed by atoms with Crippen molar-refractivity contribution in [1.82, 2.24) is 5.32 Å². The molecule has 2 heteroatoms. The van der Waals surface area contributed by atoms with Gasteiger partial charge >= 0.3 is 0 Å². The Bertz CT molecular complexity index is 621. The van der Waals surface area contributed by atoms with Crippen molar-refractivity contribution in [2.45, 2.75) is 0 Å². The second-order valence-electron chi connectivity index (χ2n) is 3.92. The monoisotopic (exact) mass is 247 g/mol. The molecule has 0 unspecified atom stereocenters. The van der Waals surface area contributed by atoms with Gasteiger partial charge in [-0.05, 0) is 5.56 Å². The molecule has 0 atom stereocenters. The molecule has 0 aliphatic rings. The molecule has 0 spiro atoms. The van der Waals surface area contributed by atoms with Crippen LogP contribution in [0.2, 0.25) is 0 Å². The Hall–Kier alpha value is -2.79. The molecule has 2 aromatic carbocycles. The Morgan fingerprint density at radius 1 is 0.947 bits per heavy atom. The van der Waals surface area contributed by atoms with Crippen molar-refractivity contribution in [3.05, 3.63) is 77.9 Å². The van der Waals surface area contributed by atoms with Crippen molar-refractivity contribution >= 4 is 11.5 Å². The van der Waals surface area contributed by atoms with Gasteiger partial charge in [0.2, 0.25) is 0 Å². The highest BCUT2D eigenvalue weighted by Gasteiger charge is 2.05. The lowest BCUT2D eigenvalue weighted by molar-refractivity contribution is 0.104. The second-order valence-corrected chi connectivity index (χ2v) is 3.92. The van der Waals surface area contributed by atoms with E-state index in [1.807, 2.05) is 48.5 Å². The number of allylic oxidation sites excluding steroid dienone is 1. The summed E-state index contributed by atoms with van der Waals surface area (Å²) in [6.45, 7) is 0. The smallest absolute Gasteiger partial charge is 0.187 e. The fraction of sp³-hybridized carbons (Fsp3) is 0. The van der Waals surface area contributed by atoms with Crippen LogP contribution >= 0.6 is 0 Å². The van der Waals surface area contributed by atoms with E-state index in [4.69, 9.17) is 6.42 Å². The minimum Gasteiger partial charge on any atom is -0.314 e. The highest BCUT2D eigenvalue weighted by molar-refractivity contribution is 6.08. The molecular formula is C17H13NO. The molecular weight excluding hydrogens is 234 g/mol. The normalized spacial score (nSPS) is 10.6. The first kappa shape index (κ1) is 12.7. The summed E-state index contributed by atoms with van der Waals surface area (Å²) in [5.74, 6) is -0.0813. The summed E-state index contributed by atoms with van der Waals surface area (Å²) in [6.07, 6.45) is 6.79. The van der Waals surface area contributed by atoms with Gasteiger partial charge in [0.1, 0.15) is 0 Å². The molecule has 0 radical (unpaired) electrons. The van der Waals surface area contributed by atoms with E-state index in [0.717, 1.165) is 5.56 Å². The molecule has 0 saturated heterocycles. The summed E-state index contributed by atoms with van der Waals surface area (Å²) in [7, 11) is 0. The summed E-state index contributed by atoms with van der Waals surface area (Å²) in [6, 6.07) is 20.9. The number of nitrogens with one attached hydrogen (secondary N) is 1. The topological polar surface area (TPSA) is 29.1 Å². The maximum atomic E-state index is 12.1. The molecule has 0 amide bonds. The third-order valence-corrected chi connectivity index (χ3v) is 2.63. The van der Waals surface area contributed by atoms with Crippen molar-refractivity contribution < 1.29 is 4.79 Å². The number of carbonyl (C=O) groups is 1. The first-order chi connectivity index (χ1) is 9.31. The van der Waals surface area contributed by atoms with Gasteiger partial charge in [-0.15, -0.1) is 0 Å². The van der Waals surface area contributed by atoms with Crippen molar-refractivity contribution in [3.63, 3.8) is 0 Å². The average Bonchev–Trinajstić information content (AvgIpc) is 2.48. The molecule has 2 aromatic rings. The number of hydrogen-bond donors (Lipinski definition) is 1. The van der Waals surface area contributed by atoms with Crippen molar-refractivity contribution in [3.8, 4) is 12.5 Å². The third kappa shape index (κ3) is 3.34. The van der Waals surface area contributed by atoms with E-state index in [0.29, 0.717) is 11.3 Å². The fourth-order valence-electron chi connectivity index (χ4n) is 1.70. The largest absolute Gasteiger partial charge is 0.314 e. The summed E-state index contributed by atoms with van der Waals surface area (Å²) >= 11 is 0. The zero-order valence-electron chi connectivity index (χ0n) is 10.3. The number of hydrogen-bond acceptors (Lipinski definition) is 2. The number of rotatable bonds is 4. The van der Waals surface area contributed by atoms with Gasteiger partial charge in [0.15, 0.2) is 5.78 Å². The number of terminal acetylenes is 1. The van der Waals surface area contributed by atoms with Crippen molar-refractivity contribution in [1.29, 1.82) is 0 Å². The number of benzene rings is 2. The van der Waals surface area contributed by atoms with Crippen LogP contribution < -0.4 is 5.32 Å². The predicted molar refractivity (Wildman–Crippen MR) is 77.2 cm³/mol. The SMILES string of the molecule is C#CNC(=CC(=O)c1ccccc1)c1ccccc1. The minimum absolute atomic E-state index is 0.0813. The average molecular weight is 247 g/mol. The van der Waals surface area contributed by atoms with E-state index in [2.05, 4.69) is 11.4 Å². The molecule has 0 bridgehead atoms. The molecule has 0 fully saturated rings. The molecule has 2 rings (SSSR count). The van der Waals surface area contributed by atoms with E-state index >= 15 is 0 Å². The van der Waals surface area contributed by atoms with Crippen LogP contribution in [-0.2, 0) is 0 Å². The minimum atomic E-state index is -0.0813. The second kappa shape index (κ2) is 6.23. The summed E-state index contributed by atoms with van der Waals surface area (Å²) in [5.41, 5.74) is 2.14. The maximum absolute atomic E-state index is 12.1. The molecule has 0 aliphatic heterocycles. The van der Waals surface area contributed by atoms with Gasteiger partial charge in [-0.3, -0.25) is 4.79 Å². The van der Waals surface area contributed by atoms with Gasteiger partial charge in [-0.1, -0.05) is 67.1 Å². The van der Waals surface area contributed by atoms with Crippen LogP contribution in [-0.4, -0.2) is 5.78 Å². The van der Waals surface area contributed by atoms with Gasteiger partial charge in [0.05, 0.1) is 5.70 Å².